The van der Waals surface area contributed by atoms with E-state index in [0.29, 0.717) is 24.7 Å². The van der Waals surface area contributed by atoms with Gasteiger partial charge in [0, 0.05) is 19.3 Å². The predicted molar refractivity (Wildman–Crippen MR) is 106 cm³/mol. The molecule has 3 aromatic rings. The Morgan fingerprint density at radius 2 is 2.00 bits per heavy atom. The summed E-state index contributed by atoms with van der Waals surface area (Å²) in [4.78, 5) is 26.8. The first-order valence-electron chi connectivity index (χ1n) is 9.76. The molecule has 1 fully saturated rings. The maximum Gasteiger partial charge on any atom is 0.410 e. The molecular weight excluding hydrogens is 372 g/mol. The molecule has 1 saturated heterocycles. The van der Waals surface area contributed by atoms with E-state index in [2.05, 4.69) is 20.1 Å². The molecule has 9 heteroatoms. The fourth-order valence-corrected chi connectivity index (χ4v) is 3.44. The summed E-state index contributed by atoms with van der Waals surface area (Å²) in [6.45, 7) is 6.84. The van der Waals surface area contributed by atoms with Gasteiger partial charge in [-0.15, -0.1) is 0 Å². The molecule has 1 amide bonds. The Balaban J connectivity index is 1.52. The van der Waals surface area contributed by atoms with Crippen molar-refractivity contribution in [2.24, 2.45) is 0 Å². The topological polar surface area (TPSA) is 95.3 Å². The molecule has 3 aromatic heterocycles. The quantitative estimate of drug-likeness (QED) is 0.666. The summed E-state index contributed by atoms with van der Waals surface area (Å²) in [5, 5.41) is 5.29. The molecular formula is C20H24N6O3. The SMILES string of the molecule is Cc1ncccc1Oc1ncnc2c1cnn2C1CCN(C(=O)OC(C)C)CC1. The zero-order valence-electron chi connectivity index (χ0n) is 16.8. The summed E-state index contributed by atoms with van der Waals surface area (Å²) in [6.07, 6.45) is 6.13. The minimum absolute atomic E-state index is 0.117. The third kappa shape index (κ3) is 3.98. The largest absolute Gasteiger partial charge is 0.447 e. The van der Waals surface area contributed by atoms with Gasteiger partial charge in [-0.3, -0.25) is 4.98 Å². The first-order chi connectivity index (χ1) is 14.0. The van der Waals surface area contributed by atoms with Crippen LogP contribution in [0.25, 0.3) is 11.0 Å². The van der Waals surface area contributed by atoms with Gasteiger partial charge in [-0.2, -0.15) is 5.10 Å². The van der Waals surface area contributed by atoms with E-state index in [1.54, 1.807) is 17.3 Å². The second-order valence-electron chi connectivity index (χ2n) is 7.34. The highest BCUT2D eigenvalue weighted by Gasteiger charge is 2.27. The number of hydrogen-bond acceptors (Lipinski definition) is 7. The molecule has 0 radical (unpaired) electrons. The normalized spacial score (nSPS) is 15.1. The van der Waals surface area contributed by atoms with Crippen molar-refractivity contribution in [3.8, 4) is 11.6 Å². The Labute approximate surface area is 168 Å². The predicted octanol–water partition coefficient (Wildman–Crippen LogP) is 3.50. The van der Waals surface area contributed by atoms with Gasteiger partial charge in [0.15, 0.2) is 11.4 Å². The van der Waals surface area contributed by atoms with E-state index in [4.69, 9.17) is 9.47 Å². The number of aryl methyl sites for hydroxylation is 1. The maximum absolute atomic E-state index is 12.1. The minimum atomic E-state index is -0.256. The molecule has 0 atom stereocenters. The van der Waals surface area contributed by atoms with Crippen LogP contribution in [0.15, 0.2) is 30.9 Å². The zero-order chi connectivity index (χ0) is 20.4. The lowest BCUT2D eigenvalue weighted by molar-refractivity contribution is 0.0656. The van der Waals surface area contributed by atoms with Crippen molar-refractivity contribution in [3.05, 3.63) is 36.5 Å². The van der Waals surface area contributed by atoms with Gasteiger partial charge >= 0.3 is 6.09 Å². The second-order valence-corrected chi connectivity index (χ2v) is 7.34. The Morgan fingerprint density at radius 3 is 2.72 bits per heavy atom. The molecule has 4 rings (SSSR count). The van der Waals surface area contributed by atoms with Gasteiger partial charge in [0.2, 0.25) is 5.88 Å². The number of aromatic nitrogens is 5. The highest BCUT2D eigenvalue weighted by atomic mass is 16.6. The maximum atomic E-state index is 12.1. The Hall–Kier alpha value is -3.23. The van der Waals surface area contributed by atoms with Crippen LogP contribution < -0.4 is 4.74 Å². The molecule has 0 saturated carbocycles. The van der Waals surface area contributed by atoms with Crippen molar-refractivity contribution in [3.63, 3.8) is 0 Å². The Morgan fingerprint density at radius 1 is 1.21 bits per heavy atom. The lowest BCUT2D eigenvalue weighted by Crippen LogP contribution is -2.40. The summed E-state index contributed by atoms with van der Waals surface area (Å²) >= 11 is 0. The number of carbonyl (C=O) groups excluding carboxylic acids is 1. The van der Waals surface area contributed by atoms with E-state index in [1.165, 1.54) is 6.33 Å². The fourth-order valence-electron chi connectivity index (χ4n) is 3.44. The summed E-state index contributed by atoms with van der Waals surface area (Å²) < 4.78 is 13.2. The number of nitrogens with zero attached hydrogens (tertiary/aromatic N) is 6. The van der Waals surface area contributed by atoms with Gasteiger partial charge in [0.25, 0.3) is 0 Å². The van der Waals surface area contributed by atoms with Crippen LogP contribution in [0.1, 0.15) is 38.4 Å². The highest BCUT2D eigenvalue weighted by molar-refractivity contribution is 5.80. The summed E-state index contributed by atoms with van der Waals surface area (Å²) in [6, 6.07) is 3.83. The first-order valence-corrected chi connectivity index (χ1v) is 9.76. The van der Waals surface area contributed by atoms with Gasteiger partial charge in [-0.1, -0.05) is 0 Å². The van der Waals surface area contributed by atoms with Crippen LogP contribution in [0.5, 0.6) is 11.6 Å². The van der Waals surface area contributed by atoms with Gasteiger partial charge < -0.3 is 14.4 Å². The molecule has 0 spiro atoms. The van der Waals surface area contributed by atoms with E-state index in [9.17, 15) is 4.79 Å². The number of hydrogen-bond donors (Lipinski definition) is 0. The molecule has 9 nitrogen and oxygen atoms in total. The van der Waals surface area contributed by atoms with Crippen molar-refractivity contribution in [1.29, 1.82) is 0 Å². The monoisotopic (exact) mass is 396 g/mol. The average molecular weight is 396 g/mol. The van der Waals surface area contributed by atoms with E-state index < -0.39 is 0 Å². The Bertz CT molecular complexity index is 1010. The van der Waals surface area contributed by atoms with Crippen molar-refractivity contribution in [2.45, 2.75) is 45.8 Å². The minimum Gasteiger partial charge on any atom is -0.447 e. The van der Waals surface area contributed by atoms with Crippen molar-refractivity contribution >= 4 is 17.1 Å². The molecule has 1 aliphatic heterocycles. The van der Waals surface area contributed by atoms with E-state index in [-0.39, 0.29) is 18.2 Å². The highest BCUT2D eigenvalue weighted by Crippen LogP contribution is 2.31. The lowest BCUT2D eigenvalue weighted by atomic mass is 10.1. The molecule has 0 aromatic carbocycles. The number of piperidine rings is 1. The number of rotatable bonds is 4. The lowest BCUT2D eigenvalue weighted by Gasteiger charge is -2.31. The van der Waals surface area contributed by atoms with Crippen molar-refractivity contribution in [1.82, 2.24) is 29.6 Å². The fraction of sp³-hybridized carbons (Fsp3) is 0.450. The number of carbonyl (C=O) groups is 1. The van der Waals surface area contributed by atoms with Gasteiger partial charge in [0.05, 0.1) is 24.0 Å². The first kappa shape index (κ1) is 19.1. The smallest absolute Gasteiger partial charge is 0.410 e. The zero-order valence-corrected chi connectivity index (χ0v) is 16.8. The van der Waals surface area contributed by atoms with Crippen LogP contribution in [0, 0.1) is 6.92 Å². The number of ether oxygens (including phenoxy) is 2. The molecule has 0 bridgehead atoms. The van der Waals surface area contributed by atoms with Crippen molar-refractivity contribution < 1.29 is 14.3 Å². The van der Waals surface area contributed by atoms with E-state index in [0.717, 1.165) is 29.6 Å². The van der Waals surface area contributed by atoms with E-state index in [1.807, 2.05) is 37.6 Å². The molecule has 0 aliphatic carbocycles. The van der Waals surface area contributed by atoms with Crippen LogP contribution in [-0.2, 0) is 4.74 Å². The molecule has 152 valence electrons. The number of fused-ring (bicyclic) bond motifs is 1. The molecule has 0 N–H and O–H groups in total. The average Bonchev–Trinajstić information content (AvgIpc) is 3.14. The second kappa shape index (κ2) is 8.02. The van der Waals surface area contributed by atoms with Crippen molar-refractivity contribution in [2.75, 3.05) is 13.1 Å². The number of likely N-dealkylation sites (tertiary alicyclic amines) is 1. The summed E-state index contributed by atoms with van der Waals surface area (Å²) in [5.41, 5.74) is 1.51. The van der Waals surface area contributed by atoms with Crippen LogP contribution >= 0.6 is 0 Å². The summed E-state index contributed by atoms with van der Waals surface area (Å²) in [5.74, 6) is 1.10. The van der Waals surface area contributed by atoms with Crippen LogP contribution in [-0.4, -0.2) is 54.9 Å². The van der Waals surface area contributed by atoms with Crippen LogP contribution in [0.2, 0.25) is 0 Å². The third-order valence-corrected chi connectivity index (χ3v) is 4.92. The van der Waals surface area contributed by atoms with Gasteiger partial charge in [-0.05, 0) is 45.7 Å². The molecule has 29 heavy (non-hydrogen) atoms. The molecule has 0 unspecified atom stereocenters. The van der Waals surface area contributed by atoms with Gasteiger partial charge in [0.1, 0.15) is 11.7 Å². The standard InChI is InChI=1S/C20H24N6O3/c1-13(2)28-20(27)25-9-6-15(7-10-25)26-18-16(11-24-26)19(23-12-22-18)29-17-5-4-8-21-14(17)3/h4-5,8,11-13,15H,6-7,9-10H2,1-3H3. The van der Waals surface area contributed by atoms with E-state index >= 15 is 0 Å². The summed E-state index contributed by atoms with van der Waals surface area (Å²) in [7, 11) is 0. The van der Waals surface area contributed by atoms with Crippen LogP contribution in [0.3, 0.4) is 0 Å². The molecule has 1 aliphatic rings. The van der Waals surface area contributed by atoms with Gasteiger partial charge in [-0.25, -0.2) is 19.4 Å². The number of pyridine rings is 1. The van der Waals surface area contributed by atoms with Crippen LogP contribution in [0.4, 0.5) is 4.79 Å². The Kier molecular flexibility index (Phi) is 5.28. The third-order valence-electron chi connectivity index (χ3n) is 4.92. The number of amides is 1. The molecule has 4 heterocycles.